The third-order valence-corrected chi connectivity index (χ3v) is 5.59. The van der Waals surface area contributed by atoms with Crippen molar-refractivity contribution in [2.24, 2.45) is 11.8 Å². The van der Waals surface area contributed by atoms with Crippen molar-refractivity contribution in [1.82, 2.24) is 20.4 Å². The Morgan fingerprint density at radius 1 is 1.17 bits per heavy atom. The van der Waals surface area contributed by atoms with Gasteiger partial charge in [0.15, 0.2) is 0 Å². The van der Waals surface area contributed by atoms with Gasteiger partial charge in [-0.05, 0) is 45.4 Å². The van der Waals surface area contributed by atoms with Gasteiger partial charge in [0.1, 0.15) is 23.9 Å². The molecular weight excluding hydrogens is 388 g/mol. The number of fused-ring (bicyclic) bond motifs is 1. The molecule has 2 rings (SSSR count). The first-order valence-electron chi connectivity index (χ1n) is 10.8. The molecule has 2 heterocycles. The molecule has 5 amide bonds. The van der Waals surface area contributed by atoms with Gasteiger partial charge in [-0.15, -0.1) is 0 Å². The Balaban J connectivity index is 2.17. The predicted molar refractivity (Wildman–Crippen MR) is 111 cm³/mol. The molecule has 0 spiro atoms. The molecule has 0 aromatic carbocycles. The van der Waals surface area contributed by atoms with Crippen molar-refractivity contribution in [1.29, 1.82) is 0 Å². The summed E-state index contributed by atoms with van der Waals surface area (Å²) >= 11 is 0. The molecule has 2 aliphatic heterocycles. The highest BCUT2D eigenvalue weighted by Crippen LogP contribution is 2.30. The minimum absolute atomic E-state index is 0.168. The van der Waals surface area contributed by atoms with Crippen LogP contribution >= 0.6 is 0 Å². The average molecular weight is 425 g/mol. The van der Waals surface area contributed by atoms with E-state index in [1.807, 2.05) is 27.7 Å². The lowest BCUT2D eigenvalue weighted by Gasteiger charge is -2.33. The van der Waals surface area contributed by atoms with E-state index in [4.69, 9.17) is 4.74 Å². The molecule has 2 aliphatic rings. The third kappa shape index (κ3) is 5.23. The van der Waals surface area contributed by atoms with Gasteiger partial charge >= 0.3 is 12.1 Å². The maximum Gasteiger partial charge on any atom is 0.408 e. The maximum absolute atomic E-state index is 13.1. The Morgan fingerprint density at radius 3 is 2.30 bits per heavy atom. The Morgan fingerprint density at radius 2 is 1.80 bits per heavy atom. The van der Waals surface area contributed by atoms with Crippen LogP contribution in [-0.2, 0) is 14.3 Å². The number of amides is 5. The van der Waals surface area contributed by atoms with E-state index in [9.17, 15) is 19.2 Å². The summed E-state index contributed by atoms with van der Waals surface area (Å²) in [6, 6.07) is -1.64. The number of nitrogens with one attached hydrogen (secondary N) is 2. The van der Waals surface area contributed by atoms with Crippen LogP contribution in [0.25, 0.3) is 0 Å². The van der Waals surface area contributed by atoms with Gasteiger partial charge in [-0.2, -0.15) is 0 Å². The Kier molecular flexibility index (Phi) is 7.36. The molecular formula is C21H36N4O5. The molecule has 2 fully saturated rings. The van der Waals surface area contributed by atoms with E-state index in [1.54, 1.807) is 25.7 Å². The zero-order chi connectivity index (χ0) is 22.8. The lowest BCUT2D eigenvalue weighted by molar-refractivity contribution is -0.133. The SMILES string of the molecule is CC[C@H](C)[C@H](NC(=O)OC(C)(C)C)C(=O)NC(C(C)C)N1C(=O)[C@@H]2CCCN2C1=O. The van der Waals surface area contributed by atoms with E-state index in [0.29, 0.717) is 19.4 Å². The van der Waals surface area contributed by atoms with Crippen molar-refractivity contribution >= 4 is 23.9 Å². The van der Waals surface area contributed by atoms with E-state index in [2.05, 4.69) is 10.6 Å². The van der Waals surface area contributed by atoms with Crippen LogP contribution in [0.4, 0.5) is 9.59 Å². The normalized spacial score (nSPS) is 22.1. The number of nitrogens with zero attached hydrogens (tertiary/aromatic N) is 2. The number of imide groups is 1. The molecule has 0 aliphatic carbocycles. The van der Waals surface area contributed by atoms with Crippen molar-refractivity contribution in [2.75, 3.05) is 6.54 Å². The third-order valence-electron chi connectivity index (χ3n) is 5.59. The number of alkyl carbamates (subject to hydrolysis) is 1. The number of ether oxygens (including phenoxy) is 1. The summed E-state index contributed by atoms with van der Waals surface area (Å²) in [4.78, 5) is 53.8. The van der Waals surface area contributed by atoms with Crippen molar-refractivity contribution in [3.05, 3.63) is 0 Å². The topological polar surface area (TPSA) is 108 Å². The zero-order valence-corrected chi connectivity index (χ0v) is 19.2. The van der Waals surface area contributed by atoms with Crippen LogP contribution in [0.15, 0.2) is 0 Å². The molecule has 30 heavy (non-hydrogen) atoms. The molecule has 0 radical (unpaired) electrons. The minimum Gasteiger partial charge on any atom is -0.444 e. The molecule has 2 N–H and O–H groups in total. The van der Waals surface area contributed by atoms with Gasteiger partial charge in [-0.25, -0.2) is 14.5 Å². The summed E-state index contributed by atoms with van der Waals surface area (Å²) < 4.78 is 5.29. The number of hydrogen-bond acceptors (Lipinski definition) is 5. The molecule has 0 aromatic heterocycles. The van der Waals surface area contributed by atoms with Crippen LogP contribution in [0.2, 0.25) is 0 Å². The minimum atomic E-state index is -0.848. The lowest BCUT2D eigenvalue weighted by Crippen LogP contribution is -2.59. The van der Waals surface area contributed by atoms with Gasteiger partial charge in [0.2, 0.25) is 5.91 Å². The number of carbonyl (C=O) groups is 4. The fourth-order valence-electron chi connectivity index (χ4n) is 3.80. The van der Waals surface area contributed by atoms with Crippen LogP contribution in [0.5, 0.6) is 0 Å². The average Bonchev–Trinajstić information content (AvgIpc) is 3.20. The number of carbonyl (C=O) groups excluding carboxylic acids is 4. The molecule has 170 valence electrons. The Bertz CT molecular complexity index is 665. The van der Waals surface area contributed by atoms with Crippen molar-refractivity contribution in [3.8, 4) is 0 Å². The van der Waals surface area contributed by atoms with E-state index in [1.165, 1.54) is 4.90 Å². The highest BCUT2D eigenvalue weighted by atomic mass is 16.6. The molecule has 0 saturated carbocycles. The highest BCUT2D eigenvalue weighted by molar-refractivity contribution is 6.05. The van der Waals surface area contributed by atoms with Crippen LogP contribution in [-0.4, -0.2) is 64.1 Å². The highest BCUT2D eigenvalue weighted by Gasteiger charge is 2.51. The molecule has 4 atom stereocenters. The van der Waals surface area contributed by atoms with Crippen LogP contribution in [0.1, 0.15) is 67.7 Å². The molecule has 0 aromatic rings. The van der Waals surface area contributed by atoms with E-state index >= 15 is 0 Å². The first-order chi connectivity index (χ1) is 13.9. The molecule has 1 unspecified atom stereocenters. The summed E-state index contributed by atoms with van der Waals surface area (Å²) in [6.07, 6.45) is 0.644. The van der Waals surface area contributed by atoms with Gasteiger partial charge in [0.05, 0.1) is 0 Å². The summed E-state index contributed by atoms with van der Waals surface area (Å²) in [5, 5.41) is 5.49. The van der Waals surface area contributed by atoms with E-state index < -0.39 is 35.9 Å². The first kappa shape index (κ1) is 24.0. The quantitative estimate of drug-likeness (QED) is 0.610. The first-order valence-corrected chi connectivity index (χ1v) is 10.8. The van der Waals surface area contributed by atoms with Crippen LogP contribution in [0.3, 0.4) is 0 Å². The number of rotatable bonds is 7. The zero-order valence-electron chi connectivity index (χ0n) is 19.2. The second kappa shape index (κ2) is 9.22. The van der Waals surface area contributed by atoms with Gasteiger partial charge < -0.3 is 20.3 Å². The van der Waals surface area contributed by atoms with Gasteiger partial charge in [-0.3, -0.25) is 9.59 Å². The second-order valence-electron chi connectivity index (χ2n) is 9.55. The largest absolute Gasteiger partial charge is 0.444 e. The maximum atomic E-state index is 13.1. The van der Waals surface area contributed by atoms with Crippen LogP contribution in [0, 0.1) is 11.8 Å². The van der Waals surface area contributed by atoms with Gasteiger partial charge in [-0.1, -0.05) is 34.1 Å². The fraction of sp³-hybridized carbons (Fsp3) is 0.810. The smallest absolute Gasteiger partial charge is 0.408 e. The summed E-state index contributed by atoms with van der Waals surface area (Å²) in [6.45, 7) is 13.3. The lowest BCUT2D eigenvalue weighted by atomic mass is 9.98. The molecule has 9 nitrogen and oxygen atoms in total. The standard InChI is InChI=1S/C21H36N4O5/c1-8-13(4)15(22-19(28)30-21(5,6)7)17(26)23-16(12(2)3)25-18(27)14-10-9-11-24(14)20(25)29/h12-16H,8-11H2,1-7H3,(H,22,28)(H,23,26)/t13-,14-,15-,16?/m0/s1. The molecule has 9 heteroatoms. The summed E-state index contributed by atoms with van der Waals surface area (Å²) in [7, 11) is 0. The fourth-order valence-corrected chi connectivity index (χ4v) is 3.80. The second-order valence-corrected chi connectivity index (χ2v) is 9.55. The van der Waals surface area contributed by atoms with Crippen LogP contribution < -0.4 is 10.6 Å². The van der Waals surface area contributed by atoms with Crippen molar-refractivity contribution in [3.63, 3.8) is 0 Å². The molecule has 2 saturated heterocycles. The Labute approximate surface area is 178 Å². The number of urea groups is 1. The number of hydrogen-bond donors (Lipinski definition) is 2. The van der Waals surface area contributed by atoms with E-state index in [-0.39, 0.29) is 23.8 Å². The Hall–Kier alpha value is -2.32. The molecule has 0 bridgehead atoms. The van der Waals surface area contributed by atoms with Crippen molar-refractivity contribution < 1.29 is 23.9 Å². The monoisotopic (exact) mass is 424 g/mol. The van der Waals surface area contributed by atoms with Gasteiger partial charge in [0, 0.05) is 6.54 Å². The predicted octanol–water partition coefficient (Wildman–Crippen LogP) is 2.45. The summed E-state index contributed by atoms with van der Waals surface area (Å²) in [5.41, 5.74) is -0.693. The van der Waals surface area contributed by atoms with Gasteiger partial charge in [0.25, 0.3) is 5.91 Å². The summed E-state index contributed by atoms with van der Waals surface area (Å²) in [5.74, 6) is -1.07. The van der Waals surface area contributed by atoms with E-state index in [0.717, 1.165) is 6.42 Å². The van der Waals surface area contributed by atoms with Crippen molar-refractivity contribution in [2.45, 2.75) is 91.6 Å².